The van der Waals surface area contributed by atoms with Crippen LogP contribution in [0.3, 0.4) is 0 Å². The van der Waals surface area contributed by atoms with Crippen LogP contribution in [-0.2, 0) is 26.2 Å². The number of rotatable bonds is 11. The first kappa shape index (κ1) is 29.8. The number of anilines is 1. The number of amides is 2. The predicted molar refractivity (Wildman–Crippen MR) is 151 cm³/mol. The predicted octanol–water partition coefficient (Wildman–Crippen LogP) is 4.97. The SMILES string of the molecule is CC[C@@H](C(=O)NC(C)C)N(Cc1ccc(F)cc1)C(=O)CN(c1ccccc1C)S(=O)(=O)c1ccc(C)cc1. The van der Waals surface area contributed by atoms with Crippen molar-refractivity contribution in [3.63, 3.8) is 0 Å². The molecule has 39 heavy (non-hydrogen) atoms. The summed E-state index contributed by atoms with van der Waals surface area (Å²) in [4.78, 5) is 28.6. The van der Waals surface area contributed by atoms with Crippen LogP contribution in [0.4, 0.5) is 10.1 Å². The smallest absolute Gasteiger partial charge is 0.264 e. The maximum atomic E-state index is 14.0. The molecule has 9 heteroatoms. The highest BCUT2D eigenvalue weighted by Gasteiger charge is 2.34. The molecule has 3 aromatic carbocycles. The molecule has 1 atom stereocenters. The highest BCUT2D eigenvalue weighted by atomic mass is 32.2. The average Bonchev–Trinajstić information content (AvgIpc) is 2.88. The van der Waals surface area contributed by atoms with Gasteiger partial charge in [0, 0.05) is 12.6 Å². The Morgan fingerprint density at radius 3 is 2.10 bits per heavy atom. The number of aryl methyl sites for hydroxylation is 2. The first-order chi connectivity index (χ1) is 18.4. The van der Waals surface area contributed by atoms with Crippen LogP contribution < -0.4 is 9.62 Å². The molecular weight excluding hydrogens is 517 g/mol. The fraction of sp³-hybridized carbons (Fsp3) is 0.333. The summed E-state index contributed by atoms with van der Waals surface area (Å²) in [6.07, 6.45) is 0.306. The molecule has 0 aliphatic carbocycles. The highest BCUT2D eigenvalue weighted by molar-refractivity contribution is 7.92. The maximum absolute atomic E-state index is 14.0. The molecule has 208 valence electrons. The number of carbonyl (C=O) groups excluding carboxylic acids is 2. The maximum Gasteiger partial charge on any atom is 0.264 e. The van der Waals surface area contributed by atoms with Gasteiger partial charge >= 0.3 is 0 Å². The number of hydrogen-bond donors (Lipinski definition) is 1. The molecule has 0 bridgehead atoms. The third kappa shape index (κ3) is 7.44. The van der Waals surface area contributed by atoms with Crippen molar-refractivity contribution in [3.8, 4) is 0 Å². The number of hydrogen-bond acceptors (Lipinski definition) is 4. The Morgan fingerprint density at radius 1 is 0.923 bits per heavy atom. The topological polar surface area (TPSA) is 86.8 Å². The number of nitrogens with one attached hydrogen (secondary N) is 1. The fourth-order valence-electron chi connectivity index (χ4n) is 4.28. The Balaban J connectivity index is 2.07. The van der Waals surface area contributed by atoms with Crippen LogP contribution in [0.2, 0.25) is 0 Å². The Bertz CT molecular complexity index is 1390. The lowest BCUT2D eigenvalue weighted by atomic mass is 10.1. The summed E-state index contributed by atoms with van der Waals surface area (Å²) in [5.41, 5.74) is 2.56. The minimum atomic E-state index is -4.14. The zero-order chi connectivity index (χ0) is 28.7. The van der Waals surface area contributed by atoms with E-state index in [9.17, 15) is 22.4 Å². The largest absolute Gasteiger partial charge is 0.352 e. The van der Waals surface area contributed by atoms with Crippen molar-refractivity contribution in [2.75, 3.05) is 10.8 Å². The highest BCUT2D eigenvalue weighted by Crippen LogP contribution is 2.27. The summed E-state index contributed by atoms with van der Waals surface area (Å²) in [6, 6.07) is 18.0. The van der Waals surface area contributed by atoms with E-state index in [1.165, 1.54) is 29.2 Å². The van der Waals surface area contributed by atoms with E-state index in [4.69, 9.17) is 0 Å². The van der Waals surface area contributed by atoms with Gasteiger partial charge in [-0.2, -0.15) is 0 Å². The molecule has 2 amide bonds. The van der Waals surface area contributed by atoms with E-state index in [-0.39, 0.29) is 23.4 Å². The molecule has 0 fully saturated rings. The minimum absolute atomic E-state index is 0.00925. The Morgan fingerprint density at radius 2 is 1.54 bits per heavy atom. The number of para-hydroxylation sites is 1. The van der Waals surface area contributed by atoms with Gasteiger partial charge in [-0.1, -0.05) is 55.0 Å². The van der Waals surface area contributed by atoms with Crippen molar-refractivity contribution in [2.45, 2.75) is 64.6 Å². The summed E-state index contributed by atoms with van der Waals surface area (Å²) < 4.78 is 42.5. The van der Waals surface area contributed by atoms with Crippen molar-refractivity contribution in [3.05, 3.63) is 95.3 Å². The summed E-state index contributed by atoms with van der Waals surface area (Å²) >= 11 is 0. The van der Waals surface area contributed by atoms with Crippen LogP contribution in [0.15, 0.2) is 77.7 Å². The first-order valence-electron chi connectivity index (χ1n) is 12.9. The van der Waals surface area contributed by atoms with Gasteiger partial charge in [0.25, 0.3) is 10.0 Å². The van der Waals surface area contributed by atoms with Crippen LogP contribution in [-0.4, -0.2) is 43.8 Å². The summed E-state index contributed by atoms with van der Waals surface area (Å²) in [5.74, 6) is -1.31. The van der Waals surface area contributed by atoms with E-state index in [1.54, 1.807) is 62.4 Å². The van der Waals surface area contributed by atoms with E-state index in [1.807, 2.05) is 20.8 Å². The van der Waals surface area contributed by atoms with E-state index >= 15 is 0 Å². The molecule has 0 saturated heterocycles. The van der Waals surface area contributed by atoms with Crippen LogP contribution in [0.5, 0.6) is 0 Å². The Kier molecular flexibility index (Phi) is 9.86. The third-order valence-corrected chi connectivity index (χ3v) is 8.13. The number of nitrogens with zero attached hydrogens (tertiary/aromatic N) is 2. The van der Waals surface area contributed by atoms with E-state index in [2.05, 4.69) is 5.32 Å². The second kappa shape index (κ2) is 12.9. The van der Waals surface area contributed by atoms with Gasteiger partial charge in [-0.25, -0.2) is 12.8 Å². The van der Waals surface area contributed by atoms with Gasteiger partial charge in [-0.15, -0.1) is 0 Å². The van der Waals surface area contributed by atoms with Crippen molar-refractivity contribution < 1.29 is 22.4 Å². The number of halogens is 1. The normalized spacial score (nSPS) is 12.2. The second-order valence-corrected chi connectivity index (χ2v) is 11.7. The van der Waals surface area contributed by atoms with Gasteiger partial charge in [0.1, 0.15) is 18.4 Å². The third-order valence-electron chi connectivity index (χ3n) is 6.36. The lowest BCUT2D eigenvalue weighted by Crippen LogP contribution is -2.53. The molecule has 0 aromatic heterocycles. The molecule has 0 heterocycles. The molecule has 0 aliphatic rings. The van der Waals surface area contributed by atoms with Crippen LogP contribution in [0.25, 0.3) is 0 Å². The quantitative estimate of drug-likeness (QED) is 0.363. The Hall–Kier alpha value is -3.72. The average molecular weight is 554 g/mol. The van der Waals surface area contributed by atoms with Crippen molar-refractivity contribution in [1.29, 1.82) is 0 Å². The van der Waals surface area contributed by atoms with Crippen molar-refractivity contribution in [2.24, 2.45) is 0 Å². The summed E-state index contributed by atoms with van der Waals surface area (Å²) in [6.45, 7) is 8.56. The van der Waals surface area contributed by atoms with Gasteiger partial charge in [0.2, 0.25) is 11.8 Å². The van der Waals surface area contributed by atoms with Gasteiger partial charge in [0.05, 0.1) is 10.6 Å². The van der Waals surface area contributed by atoms with E-state index in [0.29, 0.717) is 23.2 Å². The minimum Gasteiger partial charge on any atom is -0.352 e. The molecule has 0 unspecified atom stereocenters. The van der Waals surface area contributed by atoms with Crippen LogP contribution in [0.1, 0.15) is 43.9 Å². The molecule has 0 radical (unpaired) electrons. The molecule has 7 nitrogen and oxygen atoms in total. The summed E-state index contributed by atoms with van der Waals surface area (Å²) in [5, 5.41) is 2.85. The van der Waals surface area contributed by atoms with E-state index in [0.717, 1.165) is 9.87 Å². The van der Waals surface area contributed by atoms with Gasteiger partial charge in [0.15, 0.2) is 0 Å². The molecule has 0 saturated carbocycles. The van der Waals surface area contributed by atoms with Gasteiger partial charge in [-0.05, 0) is 75.6 Å². The molecule has 0 aliphatic heterocycles. The number of sulfonamides is 1. The molecule has 1 N–H and O–H groups in total. The lowest BCUT2D eigenvalue weighted by molar-refractivity contribution is -0.140. The van der Waals surface area contributed by atoms with Crippen LogP contribution >= 0.6 is 0 Å². The number of carbonyl (C=O) groups is 2. The van der Waals surface area contributed by atoms with E-state index < -0.39 is 34.3 Å². The van der Waals surface area contributed by atoms with Gasteiger partial charge < -0.3 is 10.2 Å². The zero-order valence-corrected chi connectivity index (χ0v) is 23.8. The first-order valence-corrected chi connectivity index (χ1v) is 14.4. The van der Waals surface area contributed by atoms with Gasteiger partial charge in [-0.3, -0.25) is 13.9 Å². The lowest BCUT2D eigenvalue weighted by Gasteiger charge is -2.34. The molecule has 0 spiro atoms. The molecular formula is C30H36FN3O4S. The van der Waals surface area contributed by atoms with Crippen LogP contribution in [0, 0.1) is 19.7 Å². The fourth-order valence-corrected chi connectivity index (χ4v) is 5.76. The van der Waals surface area contributed by atoms with Crippen molar-refractivity contribution in [1.82, 2.24) is 10.2 Å². The Labute approximate surface area is 230 Å². The summed E-state index contributed by atoms with van der Waals surface area (Å²) in [7, 11) is -4.14. The monoisotopic (exact) mass is 553 g/mol. The second-order valence-electron chi connectivity index (χ2n) is 9.85. The number of benzene rings is 3. The zero-order valence-electron chi connectivity index (χ0n) is 23.0. The van der Waals surface area contributed by atoms with Crippen molar-refractivity contribution >= 4 is 27.5 Å². The standard InChI is InChI=1S/C30H36FN3O4S/c1-6-27(30(36)32-21(2)3)33(19-24-13-15-25(31)16-14-24)29(35)20-34(28-10-8-7-9-23(28)5)39(37,38)26-17-11-22(4)12-18-26/h7-18,21,27H,6,19-20H2,1-5H3,(H,32,36)/t27-/m0/s1. The molecule has 3 rings (SSSR count). The molecule has 3 aromatic rings.